The maximum absolute atomic E-state index is 12.1. The molecule has 0 unspecified atom stereocenters. The van der Waals surface area contributed by atoms with Crippen LogP contribution in [0.15, 0.2) is 70.2 Å². The molecule has 0 saturated heterocycles. The maximum Gasteiger partial charge on any atom is 0.291 e. The summed E-state index contributed by atoms with van der Waals surface area (Å²) in [5, 5.41) is 6.30. The minimum absolute atomic E-state index is 0.110. The predicted octanol–water partition coefficient (Wildman–Crippen LogP) is 5.22. The van der Waals surface area contributed by atoms with Gasteiger partial charge in [0, 0.05) is 21.3 Å². The second-order valence-corrected chi connectivity index (χ2v) is 7.24. The molecule has 0 bridgehead atoms. The summed E-state index contributed by atoms with van der Waals surface area (Å²) in [5.74, 6) is 0.101. The highest BCUT2D eigenvalue weighted by atomic mass is 35.5. The van der Waals surface area contributed by atoms with Crippen LogP contribution in [-0.4, -0.2) is 17.6 Å². The second kappa shape index (κ2) is 8.79. The highest BCUT2D eigenvalue weighted by molar-refractivity contribution is 8.00. The van der Waals surface area contributed by atoms with Gasteiger partial charge in [-0.1, -0.05) is 11.6 Å². The largest absolute Gasteiger partial charge is 0.459 e. The zero-order chi connectivity index (χ0) is 19.2. The van der Waals surface area contributed by atoms with Crippen molar-refractivity contribution >= 4 is 46.6 Å². The molecule has 2 amide bonds. The minimum atomic E-state index is -0.320. The number of hydrogen-bond acceptors (Lipinski definition) is 4. The molecule has 2 N–H and O–H groups in total. The lowest BCUT2D eigenvalue weighted by Gasteiger charge is -2.10. The van der Waals surface area contributed by atoms with Crippen LogP contribution in [0.4, 0.5) is 11.4 Å². The van der Waals surface area contributed by atoms with Crippen molar-refractivity contribution in [2.24, 2.45) is 0 Å². The van der Waals surface area contributed by atoms with Gasteiger partial charge in [0.05, 0.1) is 12.0 Å². The Morgan fingerprint density at radius 1 is 1.07 bits per heavy atom. The molecule has 1 heterocycles. The summed E-state index contributed by atoms with van der Waals surface area (Å²) in [6.07, 6.45) is 1.45. The molecule has 2 aromatic carbocycles. The van der Waals surface area contributed by atoms with Gasteiger partial charge in [0.1, 0.15) is 0 Å². The van der Waals surface area contributed by atoms with Crippen molar-refractivity contribution < 1.29 is 14.0 Å². The Balaban J connectivity index is 1.55. The third kappa shape index (κ3) is 5.39. The van der Waals surface area contributed by atoms with E-state index in [1.54, 1.807) is 36.4 Å². The number of carbonyl (C=O) groups excluding carboxylic acids is 2. The van der Waals surface area contributed by atoms with Crippen LogP contribution in [0, 0.1) is 6.92 Å². The average molecular weight is 401 g/mol. The van der Waals surface area contributed by atoms with E-state index in [0.717, 1.165) is 10.5 Å². The number of benzene rings is 2. The van der Waals surface area contributed by atoms with E-state index in [1.807, 2.05) is 25.1 Å². The van der Waals surface area contributed by atoms with Crippen molar-refractivity contribution in [3.63, 3.8) is 0 Å². The van der Waals surface area contributed by atoms with Crippen LogP contribution < -0.4 is 10.6 Å². The summed E-state index contributed by atoms with van der Waals surface area (Å²) in [6, 6.07) is 15.9. The number of hydrogen-bond donors (Lipinski definition) is 2. The molecule has 0 radical (unpaired) electrons. The van der Waals surface area contributed by atoms with Crippen molar-refractivity contribution in [2.75, 3.05) is 16.4 Å². The average Bonchev–Trinajstić information content (AvgIpc) is 3.18. The Morgan fingerprint density at radius 3 is 2.52 bits per heavy atom. The van der Waals surface area contributed by atoms with E-state index < -0.39 is 0 Å². The van der Waals surface area contributed by atoms with Gasteiger partial charge in [0.2, 0.25) is 5.91 Å². The number of amides is 2. The monoisotopic (exact) mass is 400 g/mol. The molecule has 0 aliphatic rings. The van der Waals surface area contributed by atoms with Gasteiger partial charge >= 0.3 is 0 Å². The summed E-state index contributed by atoms with van der Waals surface area (Å²) in [4.78, 5) is 25.2. The number of thioether (sulfide) groups is 1. The number of furan rings is 1. The highest BCUT2D eigenvalue weighted by Crippen LogP contribution is 2.23. The summed E-state index contributed by atoms with van der Waals surface area (Å²) >= 11 is 7.28. The second-order valence-electron chi connectivity index (χ2n) is 5.75. The van der Waals surface area contributed by atoms with Crippen molar-refractivity contribution in [1.82, 2.24) is 0 Å². The maximum atomic E-state index is 12.1. The van der Waals surface area contributed by atoms with E-state index in [0.29, 0.717) is 16.4 Å². The molecule has 3 aromatic rings. The lowest BCUT2D eigenvalue weighted by molar-refractivity contribution is -0.113. The van der Waals surface area contributed by atoms with Crippen LogP contribution in [0.25, 0.3) is 0 Å². The predicted molar refractivity (Wildman–Crippen MR) is 109 cm³/mol. The van der Waals surface area contributed by atoms with Crippen LogP contribution in [0.5, 0.6) is 0 Å². The number of rotatable bonds is 6. The smallest absolute Gasteiger partial charge is 0.291 e. The van der Waals surface area contributed by atoms with Gasteiger partial charge in [-0.15, -0.1) is 11.8 Å². The first-order valence-corrected chi connectivity index (χ1v) is 9.51. The Bertz CT molecular complexity index is 940. The van der Waals surface area contributed by atoms with Crippen molar-refractivity contribution in [3.05, 3.63) is 77.2 Å². The summed E-state index contributed by atoms with van der Waals surface area (Å²) in [6.45, 7) is 1.86. The van der Waals surface area contributed by atoms with Gasteiger partial charge in [-0.2, -0.15) is 0 Å². The molecule has 1 aromatic heterocycles. The molecule has 27 heavy (non-hydrogen) atoms. The Kier molecular flexibility index (Phi) is 6.21. The fourth-order valence-electron chi connectivity index (χ4n) is 2.35. The zero-order valence-electron chi connectivity index (χ0n) is 14.5. The van der Waals surface area contributed by atoms with Crippen LogP contribution in [0.3, 0.4) is 0 Å². The van der Waals surface area contributed by atoms with Crippen LogP contribution >= 0.6 is 23.4 Å². The molecule has 138 valence electrons. The normalized spacial score (nSPS) is 10.4. The number of aryl methyl sites for hydroxylation is 1. The molecule has 5 nitrogen and oxygen atoms in total. The van der Waals surface area contributed by atoms with Gasteiger partial charge in [0.25, 0.3) is 5.91 Å². The zero-order valence-corrected chi connectivity index (χ0v) is 16.1. The molecular weight excluding hydrogens is 384 g/mol. The summed E-state index contributed by atoms with van der Waals surface area (Å²) < 4.78 is 5.07. The topological polar surface area (TPSA) is 71.3 Å². The summed E-state index contributed by atoms with van der Waals surface area (Å²) in [7, 11) is 0. The Labute approximate surface area is 166 Å². The number of carbonyl (C=O) groups is 2. The fourth-order valence-corrected chi connectivity index (χ4v) is 3.17. The third-order valence-corrected chi connectivity index (χ3v) is 4.95. The van der Waals surface area contributed by atoms with Gasteiger partial charge in [0.15, 0.2) is 5.76 Å². The van der Waals surface area contributed by atoms with Gasteiger partial charge in [-0.3, -0.25) is 9.59 Å². The molecular formula is C20H17ClN2O3S. The number of anilines is 2. The van der Waals surface area contributed by atoms with Crippen molar-refractivity contribution in [1.29, 1.82) is 0 Å². The molecule has 0 fully saturated rings. The fraction of sp³-hybridized carbons (Fsp3) is 0.100. The Morgan fingerprint density at radius 2 is 1.85 bits per heavy atom. The molecule has 7 heteroatoms. The van der Waals surface area contributed by atoms with Gasteiger partial charge in [-0.05, 0) is 67.1 Å². The van der Waals surface area contributed by atoms with E-state index in [4.69, 9.17) is 16.0 Å². The first-order chi connectivity index (χ1) is 13.0. The van der Waals surface area contributed by atoms with Crippen LogP contribution in [0.1, 0.15) is 16.1 Å². The van der Waals surface area contributed by atoms with Crippen LogP contribution in [-0.2, 0) is 4.79 Å². The van der Waals surface area contributed by atoms with Crippen LogP contribution in [0.2, 0.25) is 5.02 Å². The lowest BCUT2D eigenvalue weighted by Crippen LogP contribution is -2.15. The third-order valence-electron chi connectivity index (χ3n) is 3.69. The first-order valence-electron chi connectivity index (χ1n) is 8.15. The van der Waals surface area contributed by atoms with E-state index in [-0.39, 0.29) is 23.3 Å². The molecule has 0 aliphatic carbocycles. The first kappa shape index (κ1) is 19.1. The van der Waals surface area contributed by atoms with Crippen molar-refractivity contribution in [3.8, 4) is 0 Å². The lowest BCUT2D eigenvalue weighted by atomic mass is 10.1. The molecule has 0 aliphatic heterocycles. The van der Waals surface area contributed by atoms with E-state index >= 15 is 0 Å². The molecule has 3 rings (SSSR count). The highest BCUT2D eigenvalue weighted by Gasteiger charge is 2.11. The minimum Gasteiger partial charge on any atom is -0.459 e. The standard InChI is InChI=1S/C20H17ClN2O3S/c1-13-11-15(6-9-17(13)23-20(25)18-3-2-10-26-18)22-19(24)12-27-16-7-4-14(21)5-8-16/h2-11H,12H2,1H3,(H,22,24)(H,23,25). The van der Waals surface area contributed by atoms with Gasteiger partial charge < -0.3 is 15.1 Å². The Hall–Kier alpha value is -2.70. The number of nitrogens with one attached hydrogen (secondary N) is 2. The quantitative estimate of drug-likeness (QED) is 0.556. The SMILES string of the molecule is Cc1cc(NC(=O)CSc2ccc(Cl)cc2)ccc1NC(=O)c1ccco1. The molecule has 0 atom stereocenters. The number of halogens is 1. The molecule has 0 spiro atoms. The molecule has 0 saturated carbocycles. The van der Waals surface area contributed by atoms with Gasteiger partial charge in [-0.25, -0.2) is 0 Å². The van der Waals surface area contributed by atoms with E-state index in [1.165, 1.54) is 18.0 Å². The van der Waals surface area contributed by atoms with E-state index in [9.17, 15) is 9.59 Å². The van der Waals surface area contributed by atoms with E-state index in [2.05, 4.69) is 10.6 Å². The van der Waals surface area contributed by atoms with Crippen molar-refractivity contribution in [2.45, 2.75) is 11.8 Å². The summed E-state index contributed by atoms with van der Waals surface area (Å²) in [5.41, 5.74) is 2.16.